The number of benzene rings is 1. The van der Waals surface area contributed by atoms with E-state index >= 15 is 0 Å². The van der Waals surface area contributed by atoms with Crippen LogP contribution in [0.25, 0.3) is 11.4 Å². The van der Waals surface area contributed by atoms with Crippen molar-refractivity contribution in [1.29, 1.82) is 0 Å². The molecule has 1 aliphatic heterocycles. The molecule has 28 heavy (non-hydrogen) atoms. The van der Waals surface area contributed by atoms with Crippen molar-refractivity contribution in [1.82, 2.24) is 20.0 Å². The molecule has 3 aromatic rings. The van der Waals surface area contributed by atoms with Crippen molar-refractivity contribution in [3.8, 4) is 11.4 Å². The normalized spacial score (nSPS) is 17.7. The van der Waals surface area contributed by atoms with Crippen molar-refractivity contribution in [2.45, 2.75) is 25.4 Å². The minimum absolute atomic E-state index is 0.0805. The zero-order valence-corrected chi connectivity index (χ0v) is 16.3. The van der Waals surface area contributed by atoms with Gasteiger partial charge in [0.1, 0.15) is 5.82 Å². The van der Waals surface area contributed by atoms with Crippen molar-refractivity contribution < 1.29 is 12.9 Å². The van der Waals surface area contributed by atoms with Gasteiger partial charge in [0.2, 0.25) is 21.7 Å². The molecular weight excluding hydrogens is 378 g/mol. The molecule has 3 heterocycles. The molecule has 1 aromatic carbocycles. The van der Waals surface area contributed by atoms with Crippen LogP contribution in [0.5, 0.6) is 0 Å². The van der Waals surface area contributed by atoms with Crippen molar-refractivity contribution in [3.05, 3.63) is 60.1 Å². The van der Waals surface area contributed by atoms with Gasteiger partial charge in [-0.2, -0.15) is 4.98 Å². The van der Waals surface area contributed by atoms with Crippen LogP contribution in [0.3, 0.4) is 0 Å². The first-order valence-electron chi connectivity index (χ1n) is 9.04. The maximum absolute atomic E-state index is 11.4. The van der Waals surface area contributed by atoms with Crippen LogP contribution in [0.4, 0.5) is 5.82 Å². The van der Waals surface area contributed by atoms with Crippen molar-refractivity contribution in [3.63, 3.8) is 0 Å². The monoisotopic (exact) mass is 399 g/mol. The van der Waals surface area contributed by atoms with Gasteiger partial charge in [0.15, 0.2) is 0 Å². The van der Waals surface area contributed by atoms with E-state index in [0.717, 1.165) is 32.2 Å². The Morgan fingerprint density at radius 1 is 1.25 bits per heavy atom. The molecule has 0 spiro atoms. The summed E-state index contributed by atoms with van der Waals surface area (Å²) in [6.07, 6.45) is 4.63. The summed E-state index contributed by atoms with van der Waals surface area (Å²) in [5, 5.41) is 4.09. The average molecular weight is 399 g/mol. The second-order valence-corrected chi connectivity index (χ2v) is 8.62. The van der Waals surface area contributed by atoms with Gasteiger partial charge in [0, 0.05) is 18.3 Å². The standard InChI is InChI=1S/C19H21N5O3S/c1-28(25,26)23-17-12-15(9-10-20-17)18-21-19(27-22-18)16-8-5-11-24(16)13-14-6-3-2-4-7-14/h2-4,6-7,9-10,12,16H,5,8,11,13H2,1H3,(H,20,23). The summed E-state index contributed by atoms with van der Waals surface area (Å²) in [5.74, 6) is 1.22. The Morgan fingerprint density at radius 3 is 2.86 bits per heavy atom. The van der Waals surface area contributed by atoms with E-state index in [-0.39, 0.29) is 11.9 Å². The molecule has 1 aliphatic rings. The first-order valence-corrected chi connectivity index (χ1v) is 10.9. The molecule has 1 atom stereocenters. The summed E-state index contributed by atoms with van der Waals surface area (Å²) >= 11 is 0. The highest BCUT2D eigenvalue weighted by atomic mass is 32.2. The van der Waals surface area contributed by atoms with Crippen LogP contribution >= 0.6 is 0 Å². The molecule has 0 amide bonds. The number of nitrogens with one attached hydrogen (secondary N) is 1. The number of rotatable bonds is 6. The summed E-state index contributed by atoms with van der Waals surface area (Å²) in [6.45, 7) is 1.82. The molecule has 0 saturated carbocycles. The van der Waals surface area contributed by atoms with Gasteiger partial charge in [-0.15, -0.1) is 0 Å². The fraction of sp³-hybridized carbons (Fsp3) is 0.316. The molecule has 9 heteroatoms. The van der Waals surface area contributed by atoms with Crippen molar-refractivity contribution in [2.24, 2.45) is 0 Å². The second-order valence-electron chi connectivity index (χ2n) is 6.87. The largest absolute Gasteiger partial charge is 0.337 e. The Hall–Kier alpha value is -2.78. The third kappa shape index (κ3) is 4.37. The Bertz CT molecular complexity index is 1050. The molecular formula is C19H21N5O3S. The van der Waals surface area contributed by atoms with Crippen molar-refractivity contribution in [2.75, 3.05) is 17.5 Å². The smallest absolute Gasteiger partial charge is 0.244 e. The van der Waals surface area contributed by atoms with Gasteiger partial charge in [0.05, 0.1) is 12.3 Å². The number of hydrogen-bond donors (Lipinski definition) is 1. The van der Waals surface area contributed by atoms with Crippen LogP contribution in [0.15, 0.2) is 53.2 Å². The highest BCUT2D eigenvalue weighted by Gasteiger charge is 2.30. The van der Waals surface area contributed by atoms with Gasteiger partial charge < -0.3 is 4.52 Å². The van der Waals surface area contributed by atoms with Gasteiger partial charge in [-0.3, -0.25) is 9.62 Å². The quantitative estimate of drug-likeness (QED) is 0.680. The van der Waals surface area contributed by atoms with Gasteiger partial charge in [-0.25, -0.2) is 13.4 Å². The number of aromatic nitrogens is 3. The summed E-state index contributed by atoms with van der Waals surface area (Å²) in [4.78, 5) is 10.9. The average Bonchev–Trinajstić information content (AvgIpc) is 3.30. The Balaban J connectivity index is 1.53. The number of nitrogens with zero attached hydrogens (tertiary/aromatic N) is 4. The van der Waals surface area contributed by atoms with E-state index in [1.165, 1.54) is 11.8 Å². The molecule has 1 unspecified atom stereocenters. The molecule has 4 rings (SSSR count). The van der Waals surface area contributed by atoms with Gasteiger partial charge >= 0.3 is 0 Å². The van der Waals surface area contributed by atoms with E-state index in [0.29, 0.717) is 17.3 Å². The number of hydrogen-bond acceptors (Lipinski definition) is 7. The van der Waals surface area contributed by atoms with Gasteiger partial charge in [-0.1, -0.05) is 35.5 Å². The Kier molecular flexibility index (Phi) is 5.10. The first kappa shape index (κ1) is 18.6. The summed E-state index contributed by atoms with van der Waals surface area (Å²) in [5.41, 5.74) is 1.89. The lowest BCUT2D eigenvalue weighted by molar-refractivity contribution is 0.201. The third-order valence-electron chi connectivity index (χ3n) is 4.63. The van der Waals surface area contributed by atoms with E-state index in [1.807, 2.05) is 18.2 Å². The zero-order chi connectivity index (χ0) is 19.6. The highest BCUT2D eigenvalue weighted by molar-refractivity contribution is 7.92. The zero-order valence-electron chi connectivity index (χ0n) is 15.4. The highest BCUT2D eigenvalue weighted by Crippen LogP contribution is 2.33. The van der Waals surface area contributed by atoms with E-state index in [1.54, 1.807) is 12.1 Å². The van der Waals surface area contributed by atoms with Crippen LogP contribution in [-0.4, -0.2) is 41.2 Å². The minimum atomic E-state index is -3.40. The lowest BCUT2D eigenvalue weighted by Crippen LogP contribution is -2.22. The lowest BCUT2D eigenvalue weighted by Gasteiger charge is -2.21. The number of pyridine rings is 1. The van der Waals surface area contributed by atoms with Gasteiger partial charge in [-0.05, 0) is 37.1 Å². The van der Waals surface area contributed by atoms with E-state index in [4.69, 9.17) is 4.52 Å². The maximum Gasteiger partial charge on any atom is 0.244 e. The van der Waals surface area contributed by atoms with Crippen LogP contribution in [-0.2, 0) is 16.6 Å². The first-order chi connectivity index (χ1) is 13.5. The van der Waals surface area contributed by atoms with Crippen LogP contribution in [0, 0.1) is 0 Å². The molecule has 1 saturated heterocycles. The minimum Gasteiger partial charge on any atom is -0.337 e. The fourth-order valence-electron chi connectivity index (χ4n) is 3.42. The van der Waals surface area contributed by atoms with Crippen molar-refractivity contribution >= 4 is 15.8 Å². The third-order valence-corrected chi connectivity index (χ3v) is 5.21. The molecule has 8 nitrogen and oxygen atoms in total. The van der Waals surface area contributed by atoms with E-state index in [9.17, 15) is 8.42 Å². The Labute approximate surface area is 163 Å². The number of sulfonamides is 1. The fourth-order valence-corrected chi connectivity index (χ4v) is 3.91. The molecule has 1 fully saturated rings. The van der Waals surface area contributed by atoms with Gasteiger partial charge in [0.25, 0.3) is 0 Å². The molecule has 0 radical (unpaired) electrons. The van der Waals surface area contributed by atoms with Crippen LogP contribution < -0.4 is 4.72 Å². The van der Waals surface area contributed by atoms with Crippen LogP contribution in [0.1, 0.15) is 30.3 Å². The number of anilines is 1. The number of likely N-dealkylation sites (tertiary alicyclic amines) is 1. The molecule has 1 N–H and O–H groups in total. The van der Waals surface area contributed by atoms with Crippen LogP contribution in [0.2, 0.25) is 0 Å². The molecule has 0 bridgehead atoms. The SMILES string of the molecule is CS(=O)(=O)Nc1cc(-c2noc(C3CCCN3Cc3ccccc3)n2)ccn1. The summed E-state index contributed by atoms with van der Waals surface area (Å²) < 4.78 is 30.7. The maximum atomic E-state index is 11.4. The molecule has 2 aromatic heterocycles. The second kappa shape index (κ2) is 7.69. The van der Waals surface area contributed by atoms with E-state index in [2.05, 4.69) is 36.9 Å². The summed E-state index contributed by atoms with van der Waals surface area (Å²) in [6, 6.07) is 13.7. The van der Waals surface area contributed by atoms with E-state index < -0.39 is 10.0 Å². The molecule has 146 valence electrons. The lowest BCUT2D eigenvalue weighted by atomic mass is 10.2. The molecule has 0 aliphatic carbocycles. The predicted octanol–water partition coefficient (Wildman–Crippen LogP) is 2.84. The topological polar surface area (TPSA) is 101 Å². The summed E-state index contributed by atoms with van der Waals surface area (Å²) in [7, 11) is -3.40. The Morgan fingerprint density at radius 2 is 2.07 bits per heavy atom. The predicted molar refractivity (Wildman–Crippen MR) is 105 cm³/mol.